The highest BCUT2D eigenvalue weighted by Gasteiger charge is 2.34. The van der Waals surface area contributed by atoms with E-state index in [0.29, 0.717) is 6.61 Å². The second-order valence-electron chi connectivity index (χ2n) is 4.48. The minimum Gasteiger partial charge on any atom is -0.480 e. The molecule has 0 atom stereocenters. The molecule has 18 heavy (non-hydrogen) atoms. The summed E-state index contributed by atoms with van der Waals surface area (Å²) in [6.07, 6.45) is 1.64. The Kier molecular flexibility index (Phi) is 6.07. The summed E-state index contributed by atoms with van der Waals surface area (Å²) in [7, 11) is 0. The Bertz CT molecular complexity index is 290. The third-order valence-corrected chi connectivity index (χ3v) is 3.18. The number of carboxylic acid groups (broad SMARTS) is 1. The van der Waals surface area contributed by atoms with Crippen LogP contribution in [-0.2, 0) is 14.3 Å². The molecule has 0 aromatic carbocycles. The van der Waals surface area contributed by atoms with E-state index >= 15 is 0 Å². The van der Waals surface area contributed by atoms with Gasteiger partial charge in [0.25, 0.3) is 0 Å². The van der Waals surface area contributed by atoms with Crippen LogP contribution in [0.15, 0.2) is 0 Å². The van der Waals surface area contributed by atoms with Crippen LogP contribution in [0.25, 0.3) is 0 Å². The molecule has 1 rings (SSSR count). The number of ether oxygens (including phenoxy) is 1. The Morgan fingerprint density at radius 1 is 1.39 bits per heavy atom. The van der Waals surface area contributed by atoms with Crippen molar-refractivity contribution in [1.29, 1.82) is 0 Å². The van der Waals surface area contributed by atoms with Crippen LogP contribution in [-0.4, -0.2) is 60.3 Å². The minimum absolute atomic E-state index is 0.0702. The Morgan fingerprint density at radius 2 is 2.06 bits per heavy atom. The van der Waals surface area contributed by atoms with Gasteiger partial charge < -0.3 is 15.2 Å². The Labute approximate surface area is 107 Å². The predicted octanol–water partition coefficient (Wildman–Crippen LogP) is 0.0766. The molecular weight excluding hydrogens is 236 g/mol. The largest absolute Gasteiger partial charge is 0.480 e. The second kappa shape index (κ2) is 7.33. The highest BCUT2D eigenvalue weighted by Crippen LogP contribution is 2.25. The fourth-order valence-corrected chi connectivity index (χ4v) is 2.14. The third-order valence-electron chi connectivity index (χ3n) is 3.18. The number of nitrogens with zero attached hydrogens (tertiary/aromatic N) is 1. The molecule has 0 heterocycles. The van der Waals surface area contributed by atoms with Crippen LogP contribution in [0, 0.1) is 0 Å². The zero-order valence-electron chi connectivity index (χ0n) is 11.0. The standard InChI is InChI=1S/C12H22N2O4/c1-3-14(7-12(16)17)10-5-9(6-10)13-11(15)8-18-4-2/h9-10H,3-8H2,1-2H3,(H,13,15)(H,16,17). The lowest BCUT2D eigenvalue weighted by molar-refractivity contribution is -0.140. The van der Waals surface area contributed by atoms with Crippen molar-refractivity contribution in [3.63, 3.8) is 0 Å². The van der Waals surface area contributed by atoms with E-state index in [-0.39, 0.29) is 31.1 Å². The van der Waals surface area contributed by atoms with Crippen molar-refractivity contribution in [3.8, 4) is 0 Å². The molecule has 0 radical (unpaired) electrons. The van der Waals surface area contributed by atoms with Crippen molar-refractivity contribution in [2.45, 2.75) is 38.8 Å². The molecule has 6 heteroatoms. The molecule has 104 valence electrons. The zero-order valence-corrected chi connectivity index (χ0v) is 11.0. The summed E-state index contributed by atoms with van der Waals surface area (Å²) >= 11 is 0. The number of rotatable bonds is 8. The fraction of sp³-hybridized carbons (Fsp3) is 0.833. The van der Waals surface area contributed by atoms with Gasteiger partial charge in [0.2, 0.25) is 5.91 Å². The van der Waals surface area contributed by atoms with Gasteiger partial charge in [-0.25, -0.2) is 0 Å². The smallest absolute Gasteiger partial charge is 0.317 e. The molecule has 0 bridgehead atoms. The lowest BCUT2D eigenvalue weighted by Gasteiger charge is -2.42. The fourth-order valence-electron chi connectivity index (χ4n) is 2.14. The Morgan fingerprint density at radius 3 is 2.56 bits per heavy atom. The first-order chi connectivity index (χ1) is 8.56. The van der Waals surface area contributed by atoms with E-state index in [2.05, 4.69) is 5.32 Å². The van der Waals surface area contributed by atoms with Gasteiger partial charge in [0.1, 0.15) is 6.61 Å². The first-order valence-electron chi connectivity index (χ1n) is 6.39. The van der Waals surface area contributed by atoms with Gasteiger partial charge in [-0.05, 0) is 26.3 Å². The van der Waals surface area contributed by atoms with Gasteiger partial charge in [-0.3, -0.25) is 14.5 Å². The van der Waals surface area contributed by atoms with Crippen molar-refractivity contribution in [2.75, 3.05) is 26.3 Å². The number of amides is 1. The van der Waals surface area contributed by atoms with E-state index < -0.39 is 5.97 Å². The monoisotopic (exact) mass is 258 g/mol. The second-order valence-corrected chi connectivity index (χ2v) is 4.48. The number of nitrogens with one attached hydrogen (secondary N) is 1. The van der Waals surface area contributed by atoms with E-state index in [0.717, 1.165) is 19.4 Å². The van der Waals surface area contributed by atoms with Crippen LogP contribution >= 0.6 is 0 Å². The predicted molar refractivity (Wildman–Crippen MR) is 66.3 cm³/mol. The molecule has 0 unspecified atom stereocenters. The van der Waals surface area contributed by atoms with Crippen LogP contribution < -0.4 is 5.32 Å². The highest BCUT2D eigenvalue weighted by atomic mass is 16.5. The van der Waals surface area contributed by atoms with E-state index in [1.165, 1.54) is 0 Å². The summed E-state index contributed by atoms with van der Waals surface area (Å²) in [6, 6.07) is 0.425. The number of likely N-dealkylation sites (N-methyl/N-ethyl adjacent to an activating group) is 1. The molecule has 0 spiro atoms. The van der Waals surface area contributed by atoms with Crippen molar-refractivity contribution in [2.24, 2.45) is 0 Å². The Balaban J connectivity index is 2.21. The lowest BCUT2D eigenvalue weighted by atomic mass is 9.85. The number of aliphatic carboxylic acids is 1. The topological polar surface area (TPSA) is 78.9 Å². The third kappa shape index (κ3) is 4.62. The average molecular weight is 258 g/mol. The lowest BCUT2D eigenvalue weighted by Crippen LogP contribution is -2.55. The normalized spacial score (nSPS) is 22.6. The first-order valence-corrected chi connectivity index (χ1v) is 6.39. The van der Waals surface area contributed by atoms with Crippen LogP contribution in [0.2, 0.25) is 0 Å². The Hall–Kier alpha value is -1.14. The molecule has 1 aliphatic carbocycles. The van der Waals surface area contributed by atoms with Gasteiger partial charge >= 0.3 is 5.97 Å². The molecule has 0 saturated heterocycles. The number of carbonyl (C=O) groups is 2. The first kappa shape index (κ1) is 14.9. The van der Waals surface area contributed by atoms with E-state index in [1.54, 1.807) is 0 Å². The summed E-state index contributed by atoms with van der Waals surface area (Å²) in [4.78, 5) is 24.0. The average Bonchev–Trinajstić information content (AvgIpc) is 2.27. The van der Waals surface area contributed by atoms with Crippen molar-refractivity contribution < 1.29 is 19.4 Å². The SMILES string of the molecule is CCOCC(=O)NC1CC(N(CC)CC(=O)O)C1. The molecule has 2 N–H and O–H groups in total. The van der Waals surface area contributed by atoms with Crippen LogP contribution in [0.4, 0.5) is 0 Å². The van der Waals surface area contributed by atoms with Gasteiger partial charge in [0, 0.05) is 18.7 Å². The van der Waals surface area contributed by atoms with Crippen LogP contribution in [0.5, 0.6) is 0 Å². The van der Waals surface area contributed by atoms with E-state index in [1.807, 2.05) is 18.7 Å². The van der Waals surface area contributed by atoms with Gasteiger partial charge in [0.15, 0.2) is 0 Å². The van der Waals surface area contributed by atoms with Crippen molar-refractivity contribution >= 4 is 11.9 Å². The molecule has 1 aliphatic rings. The van der Waals surface area contributed by atoms with Gasteiger partial charge in [-0.1, -0.05) is 6.92 Å². The molecule has 0 aliphatic heterocycles. The summed E-state index contributed by atoms with van der Waals surface area (Å²) in [5.74, 6) is -0.901. The molecular formula is C12H22N2O4. The highest BCUT2D eigenvalue weighted by molar-refractivity contribution is 5.77. The van der Waals surface area contributed by atoms with Crippen molar-refractivity contribution in [1.82, 2.24) is 10.2 Å². The van der Waals surface area contributed by atoms with E-state index in [9.17, 15) is 9.59 Å². The van der Waals surface area contributed by atoms with Crippen molar-refractivity contribution in [3.05, 3.63) is 0 Å². The summed E-state index contributed by atoms with van der Waals surface area (Å²) in [5, 5.41) is 11.6. The van der Waals surface area contributed by atoms with Gasteiger partial charge in [0.05, 0.1) is 6.54 Å². The van der Waals surface area contributed by atoms with Gasteiger partial charge in [-0.2, -0.15) is 0 Å². The molecule has 1 fully saturated rings. The number of hydrogen-bond donors (Lipinski definition) is 2. The molecule has 1 amide bonds. The zero-order chi connectivity index (χ0) is 13.5. The summed E-state index contributed by atoms with van der Waals surface area (Å²) in [6.45, 7) is 5.21. The summed E-state index contributed by atoms with van der Waals surface area (Å²) < 4.78 is 5.01. The van der Waals surface area contributed by atoms with E-state index in [4.69, 9.17) is 9.84 Å². The molecule has 6 nitrogen and oxygen atoms in total. The van der Waals surface area contributed by atoms with Crippen LogP contribution in [0.3, 0.4) is 0 Å². The maximum Gasteiger partial charge on any atom is 0.317 e. The maximum absolute atomic E-state index is 11.4. The molecule has 0 aromatic heterocycles. The minimum atomic E-state index is -0.805. The van der Waals surface area contributed by atoms with Crippen LogP contribution in [0.1, 0.15) is 26.7 Å². The van der Waals surface area contributed by atoms with Gasteiger partial charge in [-0.15, -0.1) is 0 Å². The number of hydrogen-bond acceptors (Lipinski definition) is 4. The quantitative estimate of drug-likeness (QED) is 0.644. The molecule has 0 aromatic rings. The molecule has 1 saturated carbocycles. The number of carbonyl (C=O) groups excluding carboxylic acids is 1. The summed E-state index contributed by atoms with van der Waals surface area (Å²) in [5.41, 5.74) is 0. The number of carboxylic acids is 1. The maximum atomic E-state index is 11.4.